The van der Waals surface area contributed by atoms with E-state index in [9.17, 15) is 9.59 Å². The maximum Gasteiger partial charge on any atom is 0.356 e. The van der Waals surface area contributed by atoms with Crippen LogP contribution in [0.25, 0.3) is 10.9 Å². The topological polar surface area (TPSA) is 98.9 Å². The zero-order valence-electron chi connectivity index (χ0n) is 13.9. The van der Waals surface area contributed by atoms with E-state index in [4.69, 9.17) is 18.9 Å². The molecule has 8 nitrogen and oxygen atoms in total. The number of fused-ring (bicyclic) bond motifs is 1. The molecule has 0 unspecified atom stereocenters. The van der Waals surface area contributed by atoms with E-state index < -0.39 is 11.9 Å². The molecule has 1 aromatic carbocycles. The Morgan fingerprint density at radius 3 is 2.84 bits per heavy atom. The molecule has 1 aromatic heterocycles. The van der Waals surface area contributed by atoms with E-state index in [2.05, 4.69) is 10.3 Å². The Hall–Kier alpha value is -3.16. The summed E-state index contributed by atoms with van der Waals surface area (Å²) in [7, 11) is 1.54. The number of methoxy groups -OCH3 is 1. The highest BCUT2D eigenvalue weighted by Gasteiger charge is 2.23. The van der Waals surface area contributed by atoms with Gasteiger partial charge < -0.3 is 29.2 Å². The summed E-state index contributed by atoms with van der Waals surface area (Å²) in [4.78, 5) is 27.6. The molecule has 0 fully saturated rings. The third-order valence-electron chi connectivity index (χ3n) is 3.60. The van der Waals surface area contributed by atoms with Gasteiger partial charge in [-0.05, 0) is 25.1 Å². The molecular weight excluding hydrogens is 328 g/mol. The van der Waals surface area contributed by atoms with Crippen LogP contribution >= 0.6 is 0 Å². The number of hydrogen-bond acceptors (Lipinski definition) is 6. The van der Waals surface area contributed by atoms with Gasteiger partial charge in [-0.2, -0.15) is 0 Å². The second-order valence-electron chi connectivity index (χ2n) is 5.16. The number of nitrogens with one attached hydrogen (secondary N) is 2. The third kappa shape index (κ3) is 3.37. The van der Waals surface area contributed by atoms with Crippen molar-refractivity contribution in [1.82, 2.24) is 4.98 Å². The minimum absolute atomic E-state index is 0.0401. The zero-order valence-corrected chi connectivity index (χ0v) is 13.9. The first-order valence-corrected chi connectivity index (χ1v) is 7.76. The van der Waals surface area contributed by atoms with Crippen LogP contribution in [-0.4, -0.2) is 43.8 Å². The first kappa shape index (κ1) is 16.7. The molecule has 3 rings (SSSR count). The van der Waals surface area contributed by atoms with Crippen LogP contribution in [0.4, 0.5) is 5.69 Å². The maximum absolute atomic E-state index is 12.4. The van der Waals surface area contributed by atoms with Gasteiger partial charge in [-0.15, -0.1) is 0 Å². The maximum atomic E-state index is 12.4. The molecule has 2 heterocycles. The van der Waals surface area contributed by atoms with E-state index in [-0.39, 0.29) is 24.7 Å². The first-order valence-electron chi connectivity index (χ1n) is 7.76. The summed E-state index contributed by atoms with van der Waals surface area (Å²) in [6.07, 6.45) is 1.25. The number of aromatic amines is 1. The van der Waals surface area contributed by atoms with Crippen molar-refractivity contribution in [2.45, 2.75) is 6.92 Å². The number of ether oxygens (including phenoxy) is 4. The van der Waals surface area contributed by atoms with E-state index in [1.807, 2.05) is 0 Å². The molecule has 0 bridgehead atoms. The van der Waals surface area contributed by atoms with Crippen LogP contribution < -0.4 is 10.1 Å². The van der Waals surface area contributed by atoms with Gasteiger partial charge in [0.2, 0.25) is 5.76 Å². The van der Waals surface area contributed by atoms with Crippen molar-refractivity contribution in [3.05, 3.63) is 35.9 Å². The highest BCUT2D eigenvalue weighted by atomic mass is 16.6. The van der Waals surface area contributed by atoms with Gasteiger partial charge in [0.15, 0.2) is 0 Å². The van der Waals surface area contributed by atoms with E-state index in [1.165, 1.54) is 13.4 Å². The second kappa shape index (κ2) is 7.16. The predicted molar refractivity (Wildman–Crippen MR) is 89.4 cm³/mol. The number of esters is 1. The van der Waals surface area contributed by atoms with E-state index in [0.717, 1.165) is 0 Å². The third-order valence-corrected chi connectivity index (χ3v) is 3.60. The van der Waals surface area contributed by atoms with Crippen molar-refractivity contribution in [2.75, 3.05) is 32.2 Å². The molecule has 0 radical (unpaired) electrons. The standard InChI is InChI=1S/C17H18N2O6/c1-3-24-17(21)15-14(19-16(20)13-9-23-6-7-25-13)11-8-10(22-2)4-5-12(11)18-15/h4-5,8-9,18H,3,6-7H2,1-2H3,(H,19,20). The van der Waals surface area contributed by atoms with E-state index in [1.54, 1.807) is 25.1 Å². The predicted octanol–water partition coefficient (Wildman–Crippen LogP) is 2.18. The molecule has 1 aliphatic rings. The average molecular weight is 346 g/mol. The number of aromatic nitrogens is 1. The van der Waals surface area contributed by atoms with Crippen molar-refractivity contribution >= 4 is 28.5 Å². The van der Waals surface area contributed by atoms with Crippen LogP contribution in [0.2, 0.25) is 0 Å². The lowest BCUT2D eigenvalue weighted by atomic mass is 10.2. The number of rotatable bonds is 5. The SMILES string of the molecule is CCOC(=O)c1[nH]c2ccc(OC)cc2c1NC(=O)C1=COCCO1. The minimum Gasteiger partial charge on any atom is -0.497 e. The molecule has 1 amide bonds. The first-order chi connectivity index (χ1) is 12.1. The van der Waals surface area contributed by atoms with Crippen molar-refractivity contribution < 1.29 is 28.5 Å². The van der Waals surface area contributed by atoms with Crippen LogP contribution in [0.3, 0.4) is 0 Å². The molecular formula is C17H18N2O6. The van der Waals surface area contributed by atoms with E-state index >= 15 is 0 Å². The summed E-state index contributed by atoms with van der Waals surface area (Å²) in [5.74, 6) is -0.455. The summed E-state index contributed by atoms with van der Waals surface area (Å²) in [5, 5.41) is 3.31. The fraction of sp³-hybridized carbons (Fsp3) is 0.294. The molecule has 2 N–H and O–H groups in total. The van der Waals surface area contributed by atoms with Crippen LogP contribution in [0.1, 0.15) is 17.4 Å². The average Bonchev–Trinajstić information content (AvgIpc) is 3.00. The number of amides is 1. The Kier molecular flexibility index (Phi) is 4.78. The molecule has 0 saturated heterocycles. The van der Waals surface area contributed by atoms with Gasteiger partial charge >= 0.3 is 5.97 Å². The van der Waals surface area contributed by atoms with Crippen molar-refractivity contribution in [2.24, 2.45) is 0 Å². The molecule has 25 heavy (non-hydrogen) atoms. The van der Waals surface area contributed by atoms with Crippen LogP contribution in [0.5, 0.6) is 5.75 Å². The number of carbonyl (C=O) groups excluding carboxylic acids is 2. The number of H-pyrrole nitrogens is 1. The lowest BCUT2D eigenvalue weighted by Gasteiger charge is -2.15. The Bertz CT molecular complexity index is 839. The van der Waals surface area contributed by atoms with Crippen LogP contribution in [0.15, 0.2) is 30.2 Å². The molecule has 0 atom stereocenters. The smallest absolute Gasteiger partial charge is 0.356 e. The Balaban J connectivity index is 2.02. The number of benzene rings is 1. The lowest BCUT2D eigenvalue weighted by Crippen LogP contribution is -2.22. The Labute approximate surface area is 143 Å². The summed E-state index contributed by atoms with van der Waals surface area (Å²) < 4.78 is 20.6. The summed E-state index contributed by atoms with van der Waals surface area (Å²) >= 11 is 0. The van der Waals surface area contributed by atoms with Gasteiger partial charge in [-0.3, -0.25) is 4.79 Å². The highest BCUT2D eigenvalue weighted by molar-refractivity contribution is 6.14. The number of anilines is 1. The summed E-state index contributed by atoms with van der Waals surface area (Å²) in [6, 6.07) is 5.23. The largest absolute Gasteiger partial charge is 0.497 e. The fourth-order valence-electron chi connectivity index (χ4n) is 2.45. The van der Waals surface area contributed by atoms with Crippen LogP contribution in [0, 0.1) is 0 Å². The molecule has 132 valence electrons. The zero-order chi connectivity index (χ0) is 17.8. The molecule has 1 aliphatic heterocycles. The molecule has 8 heteroatoms. The Morgan fingerprint density at radius 1 is 1.32 bits per heavy atom. The van der Waals surface area contributed by atoms with Gasteiger partial charge in [0, 0.05) is 10.9 Å². The van der Waals surface area contributed by atoms with Crippen molar-refractivity contribution in [3.8, 4) is 5.75 Å². The fourth-order valence-corrected chi connectivity index (χ4v) is 2.45. The molecule has 0 aliphatic carbocycles. The van der Waals surface area contributed by atoms with Gasteiger partial charge in [0.1, 0.15) is 30.9 Å². The summed E-state index contributed by atoms with van der Waals surface area (Å²) in [6.45, 7) is 2.59. The van der Waals surface area contributed by atoms with Crippen molar-refractivity contribution in [3.63, 3.8) is 0 Å². The monoisotopic (exact) mass is 346 g/mol. The number of hydrogen-bond donors (Lipinski definition) is 2. The molecule has 2 aromatic rings. The molecule has 0 saturated carbocycles. The van der Waals surface area contributed by atoms with Gasteiger partial charge in [-0.1, -0.05) is 0 Å². The minimum atomic E-state index is -0.567. The van der Waals surface area contributed by atoms with Crippen molar-refractivity contribution in [1.29, 1.82) is 0 Å². The van der Waals surface area contributed by atoms with Crippen LogP contribution in [-0.2, 0) is 19.0 Å². The lowest BCUT2D eigenvalue weighted by molar-refractivity contribution is -0.117. The van der Waals surface area contributed by atoms with Gasteiger partial charge in [0.25, 0.3) is 5.91 Å². The van der Waals surface area contributed by atoms with Gasteiger partial charge in [-0.25, -0.2) is 4.79 Å². The molecule has 0 spiro atoms. The number of carbonyl (C=O) groups is 2. The normalized spacial score (nSPS) is 13.4. The van der Waals surface area contributed by atoms with E-state index in [0.29, 0.717) is 28.9 Å². The Morgan fingerprint density at radius 2 is 2.16 bits per heavy atom. The second-order valence-corrected chi connectivity index (χ2v) is 5.16. The quantitative estimate of drug-likeness (QED) is 0.805. The van der Waals surface area contributed by atoms with Gasteiger partial charge in [0.05, 0.1) is 19.4 Å². The highest BCUT2D eigenvalue weighted by Crippen LogP contribution is 2.32. The summed E-state index contributed by atoms with van der Waals surface area (Å²) in [5.41, 5.74) is 1.11.